The van der Waals surface area contributed by atoms with Crippen LogP contribution in [0.2, 0.25) is 0 Å². The number of nitrogens with zero attached hydrogens (tertiary/aromatic N) is 2. The van der Waals surface area contributed by atoms with Gasteiger partial charge in [-0.15, -0.1) is 0 Å². The Bertz CT molecular complexity index is 967. The number of aryl methyl sites for hydroxylation is 1. The summed E-state index contributed by atoms with van der Waals surface area (Å²) < 4.78 is 27.7. The predicted molar refractivity (Wildman–Crippen MR) is 110 cm³/mol. The van der Waals surface area contributed by atoms with Gasteiger partial charge in [0.05, 0.1) is 16.1 Å². The number of aromatic carboxylic acids is 1. The molecule has 0 atom stereocenters. The van der Waals surface area contributed by atoms with Gasteiger partial charge in [-0.3, -0.25) is 4.72 Å². The van der Waals surface area contributed by atoms with Crippen molar-refractivity contribution in [1.82, 2.24) is 4.90 Å². The number of carboxylic acid groups (broad SMARTS) is 1. The van der Waals surface area contributed by atoms with Gasteiger partial charge in [-0.2, -0.15) is 0 Å². The Morgan fingerprint density at radius 3 is 2.43 bits per heavy atom. The number of carboxylic acids is 1. The molecule has 2 aromatic carbocycles. The highest BCUT2D eigenvalue weighted by Gasteiger charge is 2.22. The first kappa shape index (κ1) is 20.2. The summed E-state index contributed by atoms with van der Waals surface area (Å²) in [6, 6.07) is 11.2. The van der Waals surface area contributed by atoms with E-state index in [1.807, 2.05) is 17.9 Å². The summed E-state index contributed by atoms with van der Waals surface area (Å²) in [4.78, 5) is 16.3. The van der Waals surface area contributed by atoms with Gasteiger partial charge in [-0.1, -0.05) is 19.1 Å². The lowest BCUT2D eigenvalue weighted by molar-refractivity contribution is 0.0697. The summed E-state index contributed by atoms with van der Waals surface area (Å²) in [6.07, 6.45) is 0. The molecule has 0 bridgehead atoms. The number of hydrogen-bond acceptors (Lipinski definition) is 5. The van der Waals surface area contributed by atoms with Crippen molar-refractivity contribution in [3.8, 4) is 0 Å². The molecule has 3 rings (SSSR count). The average Bonchev–Trinajstić information content (AvgIpc) is 2.68. The molecule has 0 saturated carbocycles. The number of anilines is 2. The fourth-order valence-corrected chi connectivity index (χ4v) is 4.50. The van der Waals surface area contributed by atoms with E-state index in [-0.39, 0.29) is 16.1 Å². The normalized spacial score (nSPS) is 15.4. The number of nitrogens with one attached hydrogen (secondary N) is 1. The molecule has 0 amide bonds. The topological polar surface area (TPSA) is 90.0 Å². The van der Waals surface area contributed by atoms with Crippen molar-refractivity contribution in [2.24, 2.45) is 0 Å². The molecule has 28 heavy (non-hydrogen) atoms. The Kier molecular flexibility index (Phi) is 5.90. The molecule has 0 radical (unpaired) electrons. The Balaban J connectivity index is 1.86. The first-order valence-corrected chi connectivity index (χ1v) is 10.7. The zero-order valence-electron chi connectivity index (χ0n) is 16.1. The number of piperazine rings is 1. The molecule has 0 aliphatic carbocycles. The standard InChI is InChI=1S/C20H25N3O4S/c1-3-22-9-11-23(12-10-22)19-8-7-16(14-18(19)20(24)25)21-28(26,27)17-6-4-5-15(2)13-17/h4-8,13-14,21H,3,9-12H2,1-2H3,(H,24,25). The third-order valence-electron chi connectivity index (χ3n) is 4.94. The Labute approximate surface area is 165 Å². The maximum Gasteiger partial charge on any atom is 0.337 e. The molecule has 0 spiro atoms. The van der Waals surface area contributed by atoms with Crippen LogP contribution in [0.3, 0.4) is 0 Å². The number of sulfonamides is 1. The van der Waals surface area contributed by atoms with E-state index in [4.69, 9.17) is 0 Å². The van der Waals surface area contributed by atoms with Gasteiger partial charge in [0, 0.05) is 31.9 Å². The minimum atomic E-state index is -3.79. The second-order valence-electron chi connectivity index (χ2n) is 6.88. The molecule has 8 heteroatoms. The summed E-state index contributed by atoms with van der Waals surface area (Å²) in [7, 11) is -3.79. The fourth-order valence-electron chi connectivity index (χ4n) is 3.35. The van der Waals surface area contributed by atoms with E-state index in [0.717, 1.165) is 38.3 Å². The largest absolute Gasteiger partial charge is 0.478 e. The van der Waals surface area contributed by atoms with E-state index in [1.165, 1.54) is 12.1 Å². The third-order valence-corrected chi connectivity index (χ3v) is 6.32. The summed E-state index contributed by atoms with van der Waals surface area (Å²) in [5, 5.41) is 9.66. The summed E-state index contributed by atoms with van der Waals surface area (Å²) in [5.74, 6) is -1.08. The van der Waals surface area contributed by atoms with Crippen LogP contribution < -0.4 is 9.62 Å². The van der Waals surface area contributed by atoms with Gasteiger partial charge < -0.3 is 14.9 Å². The van der Waals surface area contributed by atoms with Crippen LogP contribution in [0.15, 0.2) is 47.4 Å². The predicted octanol–water partition coefficient (Wildman–Crippen LogP) is 2.64. The Hall–Kier alpha value is -2.58. The summed E-state index contributed by atoms with van der Waals surface area (Å²) in [6.45, 7) is 8.11. The van der Waals surface area contributed by atoms with E-state index in [0.29, 0.717) is 5.69 Å². The second kappa shape index (κ2) is 8.20. The van der Waals surface area contributed by atoms with Crippen LogP contribution in [0, 0.1) is 6.92 Å². The van der Waals surface area contributed by atoms with Crippen LogP contribution in [0.1, 0.15) is 22.8 Å². The van der Waals surface area contributed by atoms with E-state index >= 15 is 0 Å². The van der Waals surface area contributed by atoms with Crippen LogP contribution in [0.25, 0.3) is 0 Å². The third kappa shape index (κ3) is 4.45. The quantitative estimate of drug-likeness (QED) is 0.771. The first-order chi connectivity index (χ1) is 13.3. The summed E-state index contributed by atoms with van der Waals surface area (Å²) in [5.41, 5.74) is 1.77. The highest BCUT2D eigenvalue weighted by atomic mass is 32.2. The van der Waals surface area contributed by atoms with Gasteiger partial charge in [0.1, 0.15) is 0 Å². The maximum absolute atomic E-state index is 12.6. The Morgan fingerprint density at radius 2 is 1.82 bits per heavy atom. The monoisotopic (exact) mass is 403 g/mol. The number of hydrogen-bond donors (Lipinski definition) is 2. The van der Waals surface area contributed by atoms with Gasteiger partial charge in [-0.25, -0.2) is 13.2 Å². The van der Waals surface area contributed by atoms with E-state index in [2.05, 4.69) is 16.5 Å². The van der Waals surface area contributed by atoms with Crippen molar-refractivity contribution in [2.45, 2.75) is 18.7 Å². The van der Waals surface area contributed by atoms with Gasteiger partial charge in [0.2, 0.25) is 0 Å². The molecule has 7 nitrogen and oxygen atoms in total. The molecule has 1 saturated heterocycles. The minimum Gasteiger partial charge on any atom is -0.478 e. The van der Waals surface area contributed by atoms with Crippen molar-refractivity contribution in [2.75, 3.05) is 42.3 Å². The number of carbonyl (C=O) groups is 1. The molecule has 1 fully saturated rings. The average molecular weight is 404 g/mol. The van der Waals surface area contributed by atoms with Crippen LogP contribution in [-0.2, 0) is 10.0 Å². The van der Waals surface area contributed by atoms with Crippen molar-refractivity contribution in [3.63, 3.8) is 0 Å². The summed E-state index contributed by atoms with van der Waals surface area (Å²) >= 11 is 0. The Morgan fingerprint density at radius 1 is 1.11 bits per heavy atom. The number of rotatable bonds is 6. The van der Waals surface area contributed by atoms with E-state index in [9.17, 15) is 18.3 Å². The highest BCUT2D eigenvalue weighted by Crippen LogP contribution is 2.27. The van der Waals surface area contributed by atoms with E-state index in [1.54, 1.807) is 24.3 Å². The molecule has 2 aromatic rings. The highest BCUT2D eigenvalue weighted by molar-refractivity contribution is 7.92. The van der Waals surface area contributed by atoms with Crippen LogP contribution in [0.5, 0.6) is 0 Å². The molecule has 2 N–H and O–H groups in total. The molecule has 0 aromatic heterocycles. The van der Waals surface area contributed by atoms with Crippen LogP contribution in [-0.4, -0.2) is 57.1 Å². The fraction of sp³-hybridized carbons (Fsp3) is 0.350. The number of likely N-dealkylation sites (N-methyl/N-ethyl adjacent to an activating group) is 1. The van der Waals surface area contributed by atoms with Crippen LogP contribution in [0.4, 0.5) is 11.4 Å². The van der Waals surface area contributed by atoms with E-state index < -0.39 is 16.0 Å². The smallest absolute Gasteiger partial charge is 0.337 e. The SMILES string of the molecule is CCN1CCN(c2ccc(NS(=O)(=O)c3cccc(C)c3)cc2C(=O)O)CC1. The lowest BCUT2D eigenvalue weighted by Gasteiger charge is -2.36. The van der Waals surface area contributed by atoms with Crippen molar-refractivity contribution >= 4 is 27.4 Å². The maximum atomic E-state index is 12.6. The molecule has 1 aliphatic rings. The molecule has 1 heterocycles. The molecular formula is C20H25N3O4S. The van der Waals surface area contributed by atoms with Gasteiger partial charge in [0.25, 0.3) is 10.0 Å². The molecule has 150 valence electrons. The van der Waals surface area contributed by atoms with Crippen molar-refractivity contribution < 1.29 is 18.3 Å². The molecule has 1 aliphatic heterocycles. The van der Waals surface area contributed by atoms with Crippen molar-refractivity contribution in [1.29, 1.82) is 0 Å². The zero-order chi connectivity index (χ0) is 20.3. The minimum absolute atomic E-state index is 0.0920. The van der Waals surface area contributed by atoms with Crippen LogP contribution >= 0.6 is 0 Å². The molecular weight excluding hydrogens is 378 g/mol. The molecule has 0 unspecified atom stereocenters. The van der Waals surface area contributed by atoms with Gasteiger partial charge in [-0.05, 0) is 49.4 Å². The first-order valence-electron chi connectivity index (χ1n) is 9.24. The van der Waals surface area contributed by atoms with Gasteiger partial charge >= 0.3 is 5.97 Å². The lowest BCUT2D eigenvalue weighted by atomic mass is 10.1. The number of benzene rings is 2. The zero-order valence-corrected chi connectivity index (χ0v) is 16.9. The van der Waals surface area contributed by atoms with Crippen molar-refractivity contribution in [3.05, 3.63) is 53.6 Å². The lowest BCUT2D eigenvalue weighted by Crippen LogP contribution is -2.46. The van der Waals surface area contributed by atoms with Gasteiger partial charge in [0.15, 0.2) is 0 Å². The second-order valence-corrected chi connectivity index (χ2v) is 8.56.